The van der Waals surface area contributed by atoms with Gasteiger partial charge in [-0.15, -0.1) is 0 Å². The van der Waals surface area contributed by atoms with Crippen molar-refractivity contribution in [1.82, 2.24) is 15.2 Å². The summed E-state index contributed by atoms with van der Waals surface area (Å²) >= 11 is 0. The molecule has 0 saturated carbocycles. The van der Waals surface area contributed by atoms with Crippen LogP contribution in [0, 0.1) is 6.92 Å². The van der Waals surface area contributed by atoms with E-state index in [1.54, 1.807) is 0 Å². The molecule has 3 aromatic rings. The first-order valence-electron chi connectivity index (χ1n) is 9.43. The van der Waals surface area contributed by atoms with Gasteiger partial charge in [0.1, 0.15) is 5.69 Å². The maximum Gasteiger partial charge on any atom is 0.267 e. The summed E-state index contributed by atoms with van der Waals surface area (Å²) in [5, 5.41) is 4.11. The van der Waals surface area contributed by atoms with Crippen molar-refractivity contribution in [2.75, 3.05) is 26.3 Å². The molecule has 1 aromatic heterocycles. The summed E-state index contributed by atoms with van der Waals surface area (Å²) in [5.41, 5.74) is 5.18. The van der Waals surface area contributed by atoms with Gasteiger partial charge in [-0.2, -0.15) is 0 Å². The number of fused-ring (bicyclic) bond motifs is 1. The molecular weight excluding hydrogens is 338 g/mol. The van der Waals surface area contributed by atoms with Gasteiger partial charge in [-0.1, -0.05) is 36.4 Å². The number of nitrogens with zero attached hydrogens (tertiary/aromatic N) is 1. The largest absolute Gasteiger partial charge is 0.379 e. The number of nitrogens with one attached hydrogen (secondary N) is 2. The van der Waals surface area contributed by atoms with E-state index in [0.717, 1.165) is 49.3 Å². The minimum atomic E-state index is -0.0787. The van der Waals surface area contributed by atoms with Crippen LogP contribution in [-0.2, 0) is 17.8 Å². The Morgan fingerprint density at radius 1 is 1.11 bits per heavy atom. The van der Waals surface area contributed by atoms with E-state index in [1.165, 1.54) is 11.1 Å². The Morgan fingerprint density at radius 3 is 2.70 bits per heavy atom. The monoisotopic (exact) mass is 363 g/mol. The standard InChI is InChI=1S/C22H25N3O2/c1-16-6-7-17-13-21(24-20(17)12-16)22(26)23-14-18-4-2-3-5-19(18)15-25-8-10-27-11-9-25/h2-7,12-13,24H,8-11,14-15H2,1H3,(H,23,26). The number of hydrogen-bond donors (Lipinski definition) is 2. The first kappa shape index (κ1) is 17.8. The van der Waals surface area contributed by atoms with E-state index in [0.29, 0.717) is 12.2 Å². The number of amides is 1. The topological polar surface area (TPSA) is 57.4 Å². The van der Waals surface area contributed by atoms with Crippen LogP contribution in [0.25, 0.3) is 10.9 Å². The van der Waals surface area contributed by atoms with Crippen LogP contribution < -0.4 is 5.32 Å². The molecule has 1 aliphatic rings. The second-order valence-corrected chi connectivity index (χ2v) is 7.11. The summed E-state index contributed by atoms with van der Waals surface area (Å²) < 4.78 is 5.43. The summed E-state index contributed by atoms with van der Waals surface area (Å²) in [4.78, 5) is 18.2. The van der Waals surface area contributed by atoms with Crippen molar-refractivity contribution in [1.29, 1.82) is 0 Å². The van der Waals surface area contributed by atoms with E-state index in [1.807, 2.05) is 25.1 Å². The van der Waals surface area contributed by atoms with Crippen LogP contribution in [0.4, 0.5) is 0 Å². The fourth-order valence-electron chi connectivity index (χ4n) is 3.52. The Balaban J connectivity index is 1.43. The van der Waals surface area contributed by atoms with Gasteiger partial charge in [-0.25, -0.2) is 0 Å². The molecule has 0 aliphatic carbocycles. The van der Waals surface area contributed by atoms with Crippen LogP contribution in [-0.4, -0.2) is 42.1 Å². The maximum absolute atomic E-state index is 12.6. The minimum absolute atomic E-state index is 0.0787. The number of aryl methyl sites for hydroxylation is 1. The SMILES string of the molecule is Cc1ccc2cc(C(=O)NCc3ccccc3CN3CCOCC3)[nH]c2c1. The molecular formula is C22H25N3O2. The zero-order valence-electron chi connectivity index (χ0n) is 15.6. The van der Waals surface area contributed by atoms with E-state index in [-0.39, 0.29) is 5.91 Å². The number of aromatic amines is 1. The predicted molar refractivity (Wildman–Crippen MR) is 107 cm³/mol. The van der Waals surface area contributed by atoms with E-state index < -0.39 is 0 Å². The molecule has 4 rings (SSSR count). The molecule has 0 unspecified atom stereocenters. The van der Waals surface area contributed by atoms with E-state index in [4.69, 9.17) is 4.74 Å². The van der Waals surface area contributed by atoms with Crippen LogP contribution in [0.15, 0.2) is 48.5 Å². The second kappa shape index (κ2) is 7.94. The number of aromatic nitrogens is 1. The molecule has 2 aromatic carbocycles. The number of carbonyl (C=O) groups excluding carboxylic acids is 1. The van der Waals surface area contributed by atoms with Crippen molar-refractivity contribution < 1.29 is 9.53 Å². The zero-order valence-corrected chi connectivity index (χ0v) is 15.6. The highest BCUT2D eigenvalue weighted by Crippen LogP contribution is 2.17. The Labute approximate surface area is 159 Å². The summed E-state index contributed by atoms with van der Waals surface area (Å²) in [6.07, 6.45) is 0. The summed E-state index contributed by atoms with van der Waals surface area (Å²) in [7, 11) is 0. The maximum atomic E-state index is 12.6. The molecule has 1 aliphatic heterocycles. The number of H-pyrrole nitrogens is 1. The number of benzene rings is 2. The lowest BCUT2D eigenvalue weighted by Gasteiger charge is -2.27. The highest BCUT2D eigenvalue weighted by molar-refractivity contribution is 5.98. The molecule has 0 atom stereocenters. The van der Waals surface area contributed by atoms with Gasteiger partial charge in [0.15, 0.2) is 0 Å². The molecule has 0 radical (unpaired) electrons. The molecule has 2 N–H and O–H groups in total. The molecule has 2 heterocycles. The first-order valence-corrected chi connectivity index (χ1v) is 9.43. The normalized spacial score (nSPS) is 15.1. The van der Waals surface area contributed by atoms with Gasteiger partial charge in [-0.3, -0.25) is 9.69 Å². The fourth-order valence-corrected chi connectivity index (χ4v) is 3.52. The van der Waals surface area contributed by atoms with Crippen LogP contribution in [0.3, 0.4) is 0 Å². The number of carbonyl (C=O) groups is 1. The van der Waals surface area contributed by atoms with Crippen LogP contribution in [0.5, 0.6) is 0 Å². The van der Waals surface area contributed by atoms with Crippen molar-refractivity contribution in [3.63, 3.8) is 0 Å². The highest BCUT2D eigenvalue weighted by atomic mass is 16.5. The molecule has 5 nitrogen and oxygen atoms in total. The molecule has 27 heavy (non-hydrogen) atoms. The molecule has 140 valence electrons. The quantitative estimate of drug-likeness (QED) is 0.732. The van der Waals surface area contributed by atoms with Gasteiger partial charge in [0, 0.05) is 37.1 Å². The molecule has 0 spiro atoms. The Bertz CT molecular complexity index is 942. The van der Waals surface area contributed by atoms with Crippen LogP contribution >= 0.6 is 0 Å². The van der Waals surface area contributed by atoms with Crippen molar-refractivity contribution in [2.24, 2.45) is 0 Å². The fraction of sp³-hybridized carbons (Fsp3) is 0.318. The zero-order chi connectivity index (χ0) is 18.6. The number of morpholine rings is 1. The van der Waals surface area contributed by atoms with Gasteiger partial charge < -0.3 is 15.0 Å². The third-order valence-corrected chi connectivity index (χ3v) is 5.08. The second-order valence-electron chi connectivity index (χ2n) is 7.11. The molecule has 1 saturated heterocycles. The summed E-state index contributed by atoms with van der Waals surface area (Å²) in [6.45, 7) is 6.95. The van der Waals surface area contributed by atoms with Gasteiger partial charge in [0.05, 0.1) is 13.2 Å². The first-order chi connectivity index (χ1) is 13.2. The van der Waals surface area contributed by atoms with E-state index >= 15 is 0 Å². The van der Waals surface area contributed by atoms with Gasteiger partial charge in [-0.05, 0) is 35.7 Å². The lowest BCUT2D eigenvalue weighted by Crippen LogP contribution is -2.36. The summed E-state index contributed by atoms with van der Waals surface area (Å²) in [6, 6.07) is 16.4. The highest BCUT2D eigenvalue weighted by Gasteiger charge is 2.14. The van der Waals surface area contributed by atoms with Crippen LogP contribution in [0.1, 0.15) is 27.2 Å². The summed E-state index contributed by atoms with van der Waals surface area (Å²) in [5.74, 6) is -0.0787. The van der Waals surface area contributed by atoms with E-state index in [2.05, 4.69) is 45.5 Å². The Morgan fingerprint density at radius 2 is 1.89 bits per heavy atom. The van der Waals surface area contributed by atoms with Crippen molar-refractivity contribution in [3.8, 4) is 0 Å². The molecule has 1 fully saturated rings. The van der Waals surface area contributed by atoms with Gasteiger partial charge in [0.2, 0.25) is 0 Å². The smallest absolute Gasteiger partial charge is 0.267 e. The van der Waals surface area contributed by atoms with E-state index in [9.17, 15) is 4.79 Å². The number of hydrogen-bond acceptors (Lipinski definition) is 3. The molecule has 1 amide bonds. The van der Waals surface area contributed by atoms with Crippen LogP contribution in [0.2, 0.25) is 0 Å². The minimum Gasteiger partial charge on any atom is -0.379 e. The predicted octanol–water partition coefficient (Wildman–Crippen LogP) is 3.24. The van der Waals surface area contributed by atoms with Crippen molar-refractivity contribution in [3.05, 3.63) is 70.9 Å². The number of ether oxygens (including phenoxy) is 1. The van der Waals surface area contributed by atoms with Gasteiger partial charge in [0.25, 0.3) is 5.91 Å². The van der Waals surface area contributed by atoms with Gasteiger partial charge >= 0.3 is 0 Å². The van der Waals surface area contributed by atoms with Crippen molar-refractivity contribution >= 4 is 16.8 Å². The lowest BCUT2D eigenvalue weighted by atomic mass is 10.1. The average Bonchev–Trinajstić information content (AvgIpc) is 3.11. The number of rotatable bonds is 5. The molecule has 0 bridgehead atoms. The third-order valence-electron chi connectivity index (χ3n) is 5.08. The molecule has 5 heteroatoms. The third kappa shape index (κ3) is 4.21. The Hall–Kier alpha value is -2.63. The average molecular weight is 363 g/mol. The Kier molecular flexibility index (Phi) is 5.23. The lowest BCUT2D eigenvalue weighted by molar-refractivity contribution is 0.0340. The van der Waals surface area contributed by atoms with Crippen molar-refractivity contribution in [2.45, 2.75) is 20.0 Å².